The molecule has 132 valence electrons. The number of nitrogens with one attached hydrogen (secondary N) is 1. The van der Waals surface area contributed by atoms with Crippen LogP contribution < -0.4 is 5.69 Å². The molecule has 2 aromatic heterocycles. The molecule has 6 aromatic rings. The number of aromatic nitrogens is 2. The molecule has 0 saturated heterocycles. The van der Waals surface area contributed by atoms with Crippen molar-refractivity contribution in [2.75, 3.05) is 0 Å². The summed E-state index contributed by atoms with van der Waals surface area (Å²) in [6.45, 7) is 0. The number of hydrogen-bond donors (Lipinski definition) is 1. The molecule has 4 aromatic carbocycles. The second kappa shape index (κ2) is 5.57. The number of H-pyrrole nitrogens is 1. The first-order chi connectivity index (χ1) is 13.8. The quantitative estimate of drug-likeness (QED) is 0.365. The maximum atomic E-state index is 13.0. The summed E-state index contributed by atoms with van der Waals surface area (Å²) in [6, 6.07) is 31.1. The van der Waals surface area contributed by atoms with Crippen LogP contribution in [0.4, 0.5) is 0 Å². The van der Waals surface area contributed by atoms with Crippen molar-refractivity contribution in [2.24, 2.45) is 0 Å². The van der Waals surface area contributed by atoms with Crippen LogP contribution in [-0.4, -0.2) is 9.38 Å². The molecule has 0 saturated carbocycles. The van der Waals surface area contributed by atoms with E-state index in [9.17, 15) is 4.79 Å². The minimum Gasteiger partial charge on any atom is -0.305 e. The van der Waals surface area contributed by atoms with Crippen LogP contribution in [0, 0.1) is 0 Å². The molecule has 2 heterocycles. The summed E-state index contributed by atoms with van der Waals surface area (Å²) in [6.07, 6.45) is 0. The number of fused-ring (bicyclic) bond motifs is 7. The van der Waals surface area contributed by atoms with Gasteiger partial charge in [0.05, 0.1) is 16.6 Å². The number of para-hydroxylation sites is 2. The molecular weight excluding hydrogens is 344 g/mol. The Bertz CT molecular complexity index is 1640. The minimum atomic E-state index is -0.119. The van der Waals surface area contributed by atoms with Crippen LogP contribution in [0.1, 0.15) is 0 Å². The van der Waals surface area contributed by atoms with Crippen LogP contribution in [0.2, 0.25) is 0 Å². The van der Waals surface area contributed by atoms with E-state index in [0.717, 1.165) is 38.1 Å². The lowest BCUT2D eigenvalue weighted by Gasteiger charge is -2.02. The van der Waals surface area contributed by atoms with Crippen LogP contribution in [0.5, 0.6) is 0 Å². The average molecular weight is 360 g/mol. The van der Waals surface area contributed by atoms with Gasteiger partial charge in [-0.25, -0.2) is 4.79 Å². The van der Waals surface area contributed by atoms with Gasteiger partial charge in [0.25, 0.3) is 0 Å². The van der Waals surface area contributed by atoms with Crippen molar-refractivity contribution in [1.29, 1.82) is 0 Å². The number of imidazole rings is 1. The van der Waals surface area contributed by atoms with E-state index in [4.69, 9.17) is 0 Å². The van der Waals surface area contributed by atoms with Gasteiger partial charge >= 0.3 is 5.69 Å². The summed E-state index contributed by atoms with van der Waals surface area (Å²) in [5.74, 6) is 0. The third-order valence-electron chi connectivity index (χ3n) is 5.57. The van der Waals surface area contributed by atoms with Gasteiger partial charge in [-0.1, -0.05) is 78.9 Å². The summed E-state index contributed by atoms with van der Waals surface area (Å²) in [5, 5.41) is 6.69. The molecule has 6 rings (SSSR count). The smallest absolute Gasteiger partial charge is 0.305 e. The van der Waals surface area contributed by atoms with E-state index in [1.807, 2.05) is 34.7 Å². The molecule has 0 aliphatic rings. The largest absolute Gasteiger partial charge is 0.331 e. The second-order valence-electron chi connectivity index (χ2n) is 7.08. The van der Waals surface area contributed by atoms with Crippen molar-refractivity contribution in [3.05, 3.63) is 101 Å². The molecule has 28 heavy (non-hydrogen) atoms. The average Bonchev–Trinajstić information content (AvgIpc) is 3.10. The highest BCUT2D eigenvalue weighted by Gasteiger charge is 2.12. The Morgan fingerprint density at radius 1 is 0.536 bits per heavy atom. The lowest BCUT2D eigenvalue weighted by atomic mass is 10.0. The summed E-state index contributed by atoms with van der Waals surface area (Å²) in [5.41, 5.74) is 2.54. The summed E-state index contributed by atoms with van der Waals surface area (Å²) >= 11 is 0. The first kappa shape index (κ1) is 15.2. The third-order valence-corrected chi connectivity index (χ3v) is 5.57. The lowest BCUT2D eigenvalue weighted by Crippen LogP contribution is -2.09. The molecule has 0 aliphatic heterocycles. The van der Waals surface area contributed by atoms with Crippen LogP contribution in [0.15, 0.2) is 95.8 Å². The summed E-state index contributed by atoms with van der Waals surface area (Å²) < 4.78 is 1.82. The van der Waals surface area contributed by atoms with Gasteiger partial charge in [-0.2, -0.15) is 0 Å². The highest BCUT2D eigenvalue weighted by atomic mass is 16.1. The fourth-order valence-corrected chi connectivity index (χ4v) is 4.41. The second-order valence-corrected chi connectivity index (χ2v) is 7.08. The Morgan fingerprint density at radius 3 is 1.71 bits per heavy atom. The van der Waals surface area contributed by atoms with Gasteiger partial charge in [0.1, 0.15) is 0 Å². The predicted octanol–water partition coefficient (Wildman–Crippen LogP) is 5.80. The highest BCUT2D eigenvalue weighted by Crippen LogP contribution is 2.32. The van der Waals surface area contributed by atoms with E-state index >= 15 is 0 Å². The molecular formula is C25H16N2O. The van der Waals surface area contributed by atoms with Crippen molar-refractivity contribution in [1.82, 2.24) is 9.38 Å². The van der Waals surface area contributed by atoms with Crippen LogP contribution in [0.3, 0.4) is 0 Å². The van der Waals surface area contributed by atoms with Gasteiger partial charge in [0, 0.05) is 10.8 Å². The molecule has 3 heteroatoms. The lowest BCUT2D eigenvalue weighted by molar-refractivity contribution is 1.12. The minimum absolute atomic E-state index is 0.119. The normalized spacial score (nSPS) is 11.7. The zero-order valence-corrected chi connectivity index (χ0v) is 15.0. The van der Waals surface area contributed by atoms with Gasteiger partial charge < -0.3 is 4.98 Å². The van der Waals surface area contributed by atoms with E-state index in [1.165, 1.54) is 10.8 Å². The zero-order valence-electron chi connectivity index (χ0n) is 15.0. The van der Waals surface area contributed by atoms with Gasteiger partial charge in [-0.15, -0.1) is 0 Å². The zero-order chi connectivity index (χ0) is 18.7. The van der Waals surface area contributed by atoms with Crippen molar-refractivity contribution >= 4 is 48.9 Å². The molecule has 0 atom stereocenters. The molecule has 0 amide bonds. The van der Waals surface area contributed by atoms with Gasteiger partial charge in [-0.3, -0.25) is 4.40 Å². The van der Waals surface area contributed by atoms with Crippen molar-refractivity contribution in [3.63, 3.8) is 0 Å². The van der Waals surface area contributed by atoms with E-state index in [0.29, 0.717) is 0 Å². The Morgan fingerprint density at radius 2 is 1.04 bits per heavy atom. The molecule has 0 fully saturated rings. The maximum Gasteiger partial charge on any atom is 0.331 e. The molecule has 1 N–H and O–H groups in total. The monoisotopic (exact) mass is 360 g/mol. The molecule has 0 unspecified atom stereocenters. The number of benzene rings is 4. The first-order valence-corrected chi connectivity index (χ1v) is 9.35. The Kier molecular flexibility index (Phi) is 3.03. The van der Waals surface area contributed by atoms with E-state index in [1.54, 1.807) is 0 Å². The molecule has 3 nitrogen and oxygen atoms in total. The number of aromatic amines is 1. The van der Waals surface area contributed by atoms with Gasteiger partial charge in [0.2, 0.25) is 0 Å². The molecule has 0 radical (unpaired) electrons. The fraction of sp³-hybridized carbons (Fsp3) is 0. The van der Waals surface area contributed by atoms with E-state index in [-0.39, 0.29) is 5.69 Å². The molecule has 0 bridgehead atoms. The van der Waals surface area contributed by atoms with Crippen molar-refractivity contribution < 1.29 is 0 Å². The molecule has 0 aliphatic carbocycles. The van der Waals surface area contributed by atoms with Crippen LogP contribution in [-0.2, 0) is 0 Å². The maximum absolute atomic E-state index is 13.0. The van der Waals surface area contributed by atoms with Gasteiger partial charge in [-0.05, 0) is 33.7 Å². The number of rotatable bonds is 0. The van der Waals surface area contributed by atoms with Gasteiger partial charge in [0.15, 0.2) is 0 Å². The van der Waals surface area contributed by atoms with Crippen molar-refractivity contribution in [3.8, 4) is 0 Å². The Hall–Kier alpha value is -3.85. The Balaban J connectivity index is 2.20. The standard InChI is InChI=1S/C25H16N2O/c28-25-26-22-14-7-13-21-19-11-4-2-9-17(19)16-8-1-3-10-18(16)20-12-5-6-15-23(20)27(25)24(21)22/h1-15H,(H,26,28). The predicted molar refractivity (Wildman–Crippen MR) is 117 cm³/mol. The van der Waals surface area contributed by atoms with E-state index < -0.39 is 0 Å². The van der Waals surface area contributed by atoms with Crippen molar-refractivity contribution in [2.45, 2.75) is 0 Å². The first-order valence-electron chi connectivity index (χ1n) is 9.35. The topological polar surface area (TPSA) is 37.3 Å². The highest BCUT2D eigenvalue weighted by molar-refractivity contribution is 6.20. The van der Waals surface area contributed by atoms with E-state index in [2.05, 4.69) is 65.6 Å². The fourth-order valence-electron chi connectivity index (χ4n) is 4.41. The number of nitrogens with zero attached hydrogens (tertiary/aromatic N) is 1. The summed E-state index contributed by atoms with van der Waals surface area (Å²) in [4.78, 5) is 16.1. The van der Waals surface area contributed by atoms with Crippen LogP contribution in [0.25, 0.3) is 48.9 Å². The van der Waals surface area contributed by atoms with Crippen LogP contribution >= 0.6 is 0 Å². The molecule has 0 spiro atoms. The Labute approximate surface area is 160 Å². The third kappa shape index (κ3) is 1.96. The number of hydrogen-bond acceptors (Lipinski definition) is 1. The summed E-state index contributed by atoms with van der Waals surface area (Å²) in [7, 11) is 0. The SMILES string of the molecule is O=c1[nH]c2cccc3c4ccccc4c4ccccc4c4ccccc4n1c23.